The van der Waals surface area contributed by atoms with Gasteiger partial charge in [0.2, 0.25) is 0 Å². The van der Waals surface area contributed by atoms with E-state index in [0.717, 1.165) is 18.4 Å². The minimum atomic E-state index is -0.107. The van der Waals surface area contributed by atoms with Crippen molar-refractivity contribution < 1.29 is 9.53 Å². The number of rotatable bonds is 4. The van der Waals surface area contributed by atoms with Gasteiger partial charge in [0.1, 0.15) is 6.61 Å². The highest BCUT2D eigenvalue weighted by atomic mass is 16.5. The molecule has 0 bridgehead atoms. The number of esters is 1. The molecule has 2 atom stereocenters. The van der Waals surface area contributed by atoms with Gasteiger partial charge in [-0.15, -0.1) is 0 Å². The molecule has 0 heterocycles. The van der Waals surface area contributed by atoms with Gasteiger partial charge in [0.05, 0.1) is 5.92 Å². The number of carbonyl (C=O) groups is 1. The molecule has 2 unspecified atom stereocenters. The van der Waals surface area contributed by atoms with Crippen LogP contribution in [0, 0.1) is 11.8 Å². The monoisotopic (exact) mass is 318 g/mol. The number of hydrogen-bond acceptors (Lipinski definition) is 2. The molecular weight excluding hydrogens is 296 g/mol. The summed E-state index contributed by atoms with van der Waals surface area (Å²) in [5.41, 5.74) is 7.89. The van der Waals surface area contributed by atoms with Crippen LogP contribution in [-0.4, -0.2) is 12.6 Å². The van der Waals surface area contributed by atoms with E-state index in [1.807, 2.05) is 13.8 Å². The summed E-state index contributed by atoms with van der Waals surface area (Å²) < 4.78 is 5.55. The molecule has 0 N–H and O–H groups in total. The summed E-state index contributed by atoms with van der Waals surface area (Å²) in [5.74, 6) is 0.157. The Morgan fingerprint density at radius 1 is 1.21 bits per heavy atom. The molecule has 0 spiro atoms. The van der Waals surface area contributed by atoms with Crippen molar-refractivity contribution in [3.05, 3.63) is 82.0 Å². The molecular formula is C22H22O2. The standard InChI is InChI=1S/C22H22O2/c1-3-14(2)22(23)24-13-18-10-9-17-8-7-15-5-4-6-16-11-12-19(18)21(17)20(15)16/h4,6-12,14,21H,3,5,13H2,1-2H3. The van der Waals surface area contributed by atoms with Crippen LogP contribution < -0.4 is 0 Å². The van der Waals surface area contributed by atoms with E-state index in [1.54, 1.807) is 0 Å². The summed E-state index contributed by atoms with van der Waals surface area (Å²) >= 11 is 0. The Hall–Kier alpha value is -2.35. The Labute approximate surface area is 143 Å². The molecule has 24 heavy (non-hydrogen) atoms. The zero-order valence-electron chi connectivity index (χ0n) is 14.2. The molecule has 0 radical (unpaired) electrons. The lowest BCUT2D eigenvalue weighted by Gasteiger charge is -2.37. The summed E-state index contributed by atoms with van der Waals surface area (Å²) in [6.45, 7) is 4.29. The molecule has 0 aliphatic heterocycles. The maximum absolute atomic E-state index is 12.0. The number of hydrogen-bond donors (Lipinski definition) is 0. The van der Waals surface area contributed by atoms with Gasteiger partial charge in [-0.2, -0.15) is 0 Å². The van der Waals surface area contributed by atoms with Crippen LogP contribution in [0.2, 0.25) is 0 Å². The first kappa shape index (κ1) is 15.2. The molecule has 4 aliphatic carbocycles. The molecule has 2 heteroatoms. The summed E-state index contributed by atoms with van der Waals surface area (Å²) in [6.07, 6.45) is 19.4. The summed E-state index contributed by atoms with van der Waals surface area (Å²) in [6, 6.07) is 0. The molecule has 0 aromatic rings. The molecule has 0 aromatic carbocycles. The third-order valence-electron chi connectivity index (χ3n) is 5.38. The maximum Gasteiger partial charge on any atom is 0.308 e. The molecule has 0 amide bonds. The highest BCUT2D eigenvalue weighted by Crippen LogP contribution is 2.48. The third-order valence-corrected chi connectivity index (χ3v) is 5.38. The Morgan fingerprint density at radius 3 is 2.92 bits per heavy atom. The van der Waals surface area contributed by atoms with Crippen LogP contribution in [0.3, 0.4) is 0 Å². The van der Waals surface area contributed by atoms with Crippen molar-refractivity contribution in [1.29, 1.82) is 0 Å². The van der Waals surface area contributed by atoms with Gasteiger partial charge < -0.3 is 4.74 Å². The van der Waals surface area contributed by atoms with Gasteiger partial charge in [0.15, 0.2) is 0 Å². The minimum Gasteiger partial charge on any atom is -0.461 e. The lowest BCUT2D eigenvalue weighted by molar-refractivity contribution is -0.146. The van der Waals surface area contributed by atoms with Gasteiger partial charge >= 0.3 is 5.97 Å². The zero-order valence-corrected chi connectivity index (χ0v) is 14.2. The first-order chi connectivity index (χ1) is 11.7. The largest absolute Gasteiger partial charge is 0.461 e. The average Bonchev–Trinajstić information content (AvgIpc) is 2.64. The second-order valence-corrected chi connectivity index (χ2v) is 6.83. The van der Waals surface area contributed by atoms with Gasteiger partial charge in [-0.1, -0.05) is 62.5 Å². The third kappa shape index (κ3) is 2.37. The SMILES string of the molecule is CCC(C)C(=O)OCC1=CC=C2C=CC3=C4C(=CC=C1C24)C=CC3. The highest BCUT2D eigenvalue weighted by Gasteiger charge is 2.34. The second kappa shape index (κ2) is 5.94. The van der Waals surface area contributed by atoms with Crippen LogP contribution in [0.4, 0.5) is 0 Å². The van der Waals surface area contributed by atoms with E-state index in [1.165, 1.54) is 27.9 Å². The average molecular weight is 318 g/mol. The molecule has 0 fully saturated rings. The molecule has 122 valence electrons. The van der Waals surface area contributed by atoms with E-state index in [-0.39, 0.29) is 11.9 Å². The van der Waals surface area contributed by atoms with Gasteiger partial charge in [-0.25, -0.2) is 0 Å². The lowest BCUT2D eigenvalue weighted by Crippen LogP contribution is -2.25. The molecule has 4 rings (SSSR count). The number of carbonyl (C=O) groups excluding carboxylic acids is 1. The fourth-order valence-electron chi connectivity index (χ4n) is 3.75. The van der Waals surface area contributed by atoms with Crippen molar-refractivity contribution in [1.82, 2.24) is 0 Å². The molecule has 0 saturated heterocycles. The summed E-state index contributed by atoms with van der Waals surface area (Å²) in [4.78, 5) is 12.0. The van der Waals surface area contributed by atoms with Crippen molar-refractivity contribution in [2.24, 2.45) is 11.8 Å². The molecule has 2 nitrogen and oxygen atoms in total. The molecule has 0 aromatic heterocycles. The van der Waals surface area contributed by atoms with Crippen molar-refractivity contribution in [2.45, 2.75) is 26.7 Å². The van der Waals surface area contributed by atoms with Crippen molar-refractivity contribution in [3.8, 4) is 0 Å². The first-order valence-corrected chi connectivity index (χ1v) is 8.76. The minimum absolute atomic E-state index is 0.0393. The van der Waals surface area contributed by atoms with Crippen LogP contribution >= 0.6 is 0 Å². The van der Waals surface area contributed by atoms with E-state index in [0.29, 0.717) is 12.5 Å². The quantitative estimate of drug-likeness (QED) is 0.699. The van der Waals surface area contributed by atoms with Crippen LogP contribution in [0.5, 0.6) is 0 Å². The molecule has 4 aliphatic rings. The Balaban J connectivity index is 1.64. The fourth-order valence-corrected chi connectivity index (χ4v) is 3.75. The second-order valence-electron chi connectivity index (χ2n) is 6.83. The first-order valence-electron chi connectivity index (χ1n) is 8.76. The van der Waals surface area contributed by atoms with Crippen LogP contribution in [0.15, 0.2) is 82.0 Å². The Bertz CT molecular complexity index is 809. The topological polar surface area (TPSA) is 26.3 Å². The van der Waals surface area contributed by atoms with Gasteiger partial charge in [-0.3, -0.25) is 4.79 Å². The van der Waals surface area contributed by atoms with Gasteiger partial charge in [0.25, 0.3) is 0 Å². The van der Waals surface area contributed by atoms with Crippen LogP contribution in [-0.2, 0) is 9.53 Å². The van der Waals surface area contributed by atoms with Crippen molar-refractivity contribution >= 4 is 5.97 Å². The van der Waals surface area contributed by atoms with E-state index in [2.05, 4.69) is 48.6 Å². The molecule has 0 saturated carbocycles. The van der Waals surface area contributed by atoms with Gasteiger partial charge in [0, 0.05) is 5.92 Å². The smallest absolute Gasteiger partial charge is 0.308 e. The number of allylic oxidation sites excluding steroid dienone is 12. The maximum atomic E-state index is 12.0. The predicted octanol–water partition coefficient (Wildman–Crippen LogP) is 4.75. The highest BCUT2D eigenvalue weighted by molar-refractivity contribution is 5.73. The van der Waals surface area contributed by atoms with Gasteiger partial charge in [-0.05, 0) is 46.3 Å². The Kier molecular flexibility index (Phi) is 3.76. The van der Waals surface area contributed by atoms with Crippen LogP contribution in [0.1, 0.15) is 26.7 Å². The lowest BCUT2D eigenvalue weighted by atomic mass is 9.67. The normalized spacial score (nSPS) is 24.5. The van der Waals surface area contributed by atoms with E-state index in [9.17, 15) is 4.79 Å². The number of ether oxygens (including phenoxy) is 1. The van der Waals surface area contributed by atoms with E-state index >= 15 is 0 Å². The van der Waals surface area contributed by atoms with E-state index < -0.39 is 0 Å². The fraction of sp³-hybridized carbons (Fsp3) is 0.318. The summed E-state index contributed by atoms with van der Waals surface area (Å²) in [7, 11) is 0. The van der Waals surface area contributed by atoms with Crippen molar-refractivity contribution in [3.63, 3.8) is 0 Å². The van der Waals surface area contributed by atoms with E-state index in [4.69, 9.17) is 4.74 Å². The van der Waals surface area contributed by atoms with Crippen molar-refractivity contribution in [2.75, 3.05) is 6.61 Å². The summed E-state index contributed by atoms with van der Waals surface area (Å²) in [5, 5.41) is 0. The Morgan fingerprint density at radius 2 is 2.08 bits per heavy atom. The predicted molar refractivity (Wildman–Crippen MR) is 96.2 cm³/mol. The zero-order chi connectivity index (χ0) is 16.7. The van der Waals surface area contributed by atoms with Crippen LogP contribution in [0.25, 0.3) is 0 Å².